The van der Waals surface area contributed by atoms with Crippen LogP contribution < -0.4 is 0 Å². The van der Waals surface area contributed by atoms with Crippen molar-refractivity contribution < 1.29 is 23.4 Å². The monoisotopic (exact) mass is 253 g/mol. The van der Waals surface area contributed by atoms with Crippen LogP contribution in [0.3, 0.4) is 0 Å². The van der Waals surface area contributed by atoms with Gasteiger partial charge in [0.1, 0.15) is 10.7 Å². The molecular weight excluding hydrogens is 243 g/mol. The number of pyridine rings is 1. The Morgan fingerprint density at radius 1 is 1.38 bits per heavy atom. The highest BCUT2D eigenvalue weighted by Crippen LogP contribution is 2.32. The van der Waals surface area contributed by atoms with Crippen molar-refractivity contribution >= 4 is 11.8 Å². The van der Waals surface area contributed by atoms with Gasteiger partial charge in [-0.1, -0.05) is 6.92 Å². The molecule has 90 valence electrons. The van der Waals surface area contributed by atoms with Crippen molar-refractivity contribution in [2.75, 3.05) is 5.75 Å². The summed E-state index contributed by atoms with van der Waals surface area (Å²) in [7, 11) is 0. The topological polar surface area (TPSA) is 53.4 Å². The molecule has 0 aliphatic rings. The van der Waals surface area contributed by atoms with Gasteiger partial charge in [0.05, 0.1) is 0 Å². The summed E-state index contributed by atoms with van der Waals surface area (Å²) in [6, 6.07) is 1.76. The first-order valence-electron chi connectivity index (χ1n) is 4.43. The molecule has 2 N–H and O–H groups in total. The van der Waals surface area contributed by atoms with Crippen molar-refractivity contribution in [3.8, 4) is 0 Å². The van der Waals surface area contributed by atoms with Crippen LogP contribution in [0.5, 0.6) is 0 Å². The molecule has 1 rings (SSSR count). The van der Waals surface area contributed by atoms with Gasteiger partial charge in [0.15, 0.2) is 6.29 Å². The van der Waals surface area contributed by atoms with E-state index < -0.39 is 18.2 Å². The highest BCUT2D eigenvalue weighted by Gasteiger charge is 2.33. The number of aliphatic hydroxyl groups excluding tert-OH is 1. The maximum atomic E-state index is 12.3. The standard InChI is InChI=1S/C9H10F3NO2S/c1-2-16-7-5(8(14)15)3-4-6(13-7)9(10,11)12/h3-4,8,14-15H,2H2,1H3. The first kappa shape index (κ1) is 13.3. The molecule has 0 amide bonds. The smallest absolute Gasteiger partial charge is 0.364 e. The van der Waals surface area contributed by atoms with Crippen molar-refractivity contribution in [2.45, 2.75) is 24.4 Å². The number of thioether (sulfide) groups is 1. The molecule has 0 atom stereocenters. The Morgan fingerprint density at radius 3 is 2.44 bits per heavy atom. The summed E-state index contributed by atoms with van der Waals surface area (Å²) >= 11 is 1.03. The van der Waals surface area contributed by atoms with Gasteiger partial charge in [0, 0.05) is 5.56 Å². The summed E-state index contributed by atoms with van der Waals surface area (Å²) in [5.74, 6) is 0.494. The summed E-state index contributed by atoms with van der Waals surface area (Å²) in [6.45, 7) is 1.74. The first-order chi connectivity index (χ1) is 7.36. The van der Waals surface area contributed by atoms with Gasteiger partial charge in [-0.3, -0.25) is 0 Å². The van der Waals surface area contributed by atoms with Crippen LogP contribution in [0.25, 0.3) is 0 Å². The third-order valence-electron chi connectivity index (χ3n) is 1.74. The predicted octanol–water partition coefficient (Wildman–Crippen LogP) is 2.20. The van der Waals surface area contributed by atoms with Crippen molar-refractivity contribution in [1.29, 1.82) is 0 Å². The molecule has 0 aromatic carbocycles. The number of hydrogen-bond donors (Lipinski definition) is 2. The number of rotatable bonds is 3. The lowest BCUT2D eigenvalue weighted by Crippen LogP contribution is -2.10. The van der Waals surface area contributed by atoms with Crippen LogP contribution in [0, 0.1) is 0 Å². The largest absolute Gasteiger partial charge is 0.433 e. The van der Waals surface area contributed by atoms with Crippen molar-refractivity contribution in [2.24, 2.45) is 0 Å². The van der Waals surface area contributed by atoms with Crippen LogP contribution in [-0.2, 0) is 6.18 Å². The number of hydrogen-bond acceptors (Lipinski definition) is 4. The highest BCUT2D eigenvalue weighted by atomic mass is 32.2. The van der Waals surface area contributed by atoms with E-state index in [4.69, 9.17) is 10.2 Å². The summed E-state index contributed by atoms with van der Waals surface area (Å²) in [5, 5.41) is 17.9. The van der Waals surface area contributed by atoms with Gasteiger partial charge in [-0.15, -0.1) is 11.8 Å². The van der Waals surface area contributed by atoms with Crippen LogP contribution in [0.2, 0.25) is 0 Å². The van der Waals surface area contributed by atoms with Gasteiger partial charge in [-0.25, -0.2) is 4.98 Å². The summed E-state index contributed by atoms with van der Waals surface area (Å²) in [6.07, 6.45) is -6.34. The van der Waals surface area contributed by atoms with Crippen molar-refractivity contribution in [3.05, 3.63) is 23.4 Å². The average molecular weight is 253 g/mol. The minimum absolute atomic E-state index is 0.00711. The van der Waals surface area contributed by atoms with Gasteiger partial charge in [-0.05, 0) is 17.9 Å². The van der Waals surface area contributed by atoms with E-state index in [0.717, 1.165) is 23.9 Å². The van der Waals surface area contributed by atoms with Crippen LogP contribution in [-0.4, -0.2) is 20.9 Å². The number of nitrogens with zero attached hydrogens (tertiary/aromatic N) is 1. The third kappa shape index (κ3) is 3.10. The molecule has 0 aliphatic heterocycles. The minimum atomic E-state index is -4.53. The fraction of sp³-hybridized carbons (Fsp3) is 0.444. The molecule has 7 heteroatoms. The second-order valence-corrected chi connectivity index (χ2v) is 4.15. The first-order valence-corrected chi connectivity index (χ1v) is 5.42. The molecule has 1 heterocycles. The molecule has 0 radical (unpaired) electrons. The summed E-state index contributed by atoms with van der Waals surface area (Å²) < 4.78 is 37.0. The molecule has 0 unspecified atom stereocenters. The third-order valence-corrected chi connectivity index (χ3v) is 2.63. The van der Waals surface area contributed by atoms with E-state index in [1.54, 1.807) is 6.92 Å². The lowest BCUT2D eigenvalue weighted by molar-refractivity contribution is -0.141. The molecule has 16 heavy (non-hydrogen) atoms. The van der Waals surface area contributed by atoms with Crippen LogP contribution in [0.1, 0.15) is 24.5 Å². The fourth-order valence-electron chi connectivity index (χ4n) is 1.06. The van der Waals surface area contributed by atoms with Gasteiger partial charge in [0.2, 0.25) is 0 Å². The van der Waals surface area contributed by atoms with Gasteiger partial charge in [0.25, 0.3) is 0 Å². The Hall–Kier alpha value is -0.790. The van der Waals surface area contributed by atoms with Crippen molar-refractivity contribution in [1.82, 2.24) is 4.98 Å². The zero-order chi connectivity index (χ0) is 12.3. The number of halogens is 3. The Bertz CT molecular complexity index is 368. The zero-order valence-electron chi connectivity index (χ0n) is 8.32. The summed E-state index contributed by atoms with van der Waals surface area (Å²) in [5.41, 5.74) is -1.05. The second kappa shape index (κ2) is 5.03. The maximum Gasteiger partial charge on any atom is 0.433 e. The number of aromatic nitrogens is 1. The Labute approximate surface area is 94.3 Å². The van der Waals surface area contributed by atoms with E-state index in [2.05, 4.69) is 4.98 Å². The molecular formula is C9H10F3NO2S. The molecule has 3 nitrogen and oxygen atoms in total. The minimum Gasteiger partial charge on any atom is -0.364 e. The van der Waals surface area contributed by atoms with Gasteiger partial charge < -0.3 is 10.2 Å². The molecule has 0 fully saturated rings. The SMILES string of the molecule is CCSc1nc(C(F)(F)F)ccc1C(O)O. The quantitative estimate of drug-likeness (QED) is 0.640. The Balaban J connectivity index is 3.17. The van der Waals surface area contributed by atoms with Crippen LogP contribution in [0.15, 0.2) is 17.2 Å². The molecule has 0 saturated carbocycles. The average Bonchev–Trinajstić information content (AvgIpc) is 2.16. The van der Waals surface area contributed by atoms with Gasteiger partial charge >= 0.3 is 6.18 Å². The zero-order valence-corrected chi connectivity index (χ0v) is 9.14. The van der Waals surface area contributed by atoms with Crippen molar-refractivity contribution in [3.63, 3.8) is 0 Å². The van der Waals surface area contributed by atoms with E-state index >= 15 is 0 Å². The Kier molecular flexibility index (Phi) is 4.17. The van der Waals surface area contributed by atoms with E-state index in [1.165, 1.54) is 0 Å². The molecule has 1 aromatic heterocycles. The number of alkyl halides is 3. The lowest BCUT2D eigenvalue weighted by atomic mass is 10.2. The predicted molar refractivity (Wildman–Crippen MR) is 52.8 cm³/mol. The molecule has 0 spiro atoms. The molecule has 0 aliphatic carbocycles. The normalized spacial score (nSPS) is 12.2. The van der Waals surface area contributed by atoms with Gasteiger partial charge in [-0.2, -0.15) is 13.2 Å². The number of aliphatic hydroxyl groups is 2. The Morgan fingerprint density at radius 2 is 2.00 bits per heavy atom. The highest BCUT2D eigenvalue weighted by molar-refractivity contribution is 7.99. The van der Waals surface area contributed by atoms with E-state index in [0.29, 0.717) is 5.75 Å². The lowest BCUT2D eigenvalue weighted by Gasteiger charge is -2.12. The molecule has 0 saturated heterocycles. The molecule has 1 aromatic rings. The van der Waals surface area contributed by atoms with Crippen LogP contribution >= 0.6 is 11.8 Å². The maximum absolute atomic E-state index is 12.3. The summed E-state index contributed by atoms with van der Waals surface area (Å²) in [4.78, 5) is 3.37. The van der Waals surface area contributed by atoms with E-state index in [-0.39, 0.29) is 10.6 Å². The molecule has 0 bridgehead atoms. The fourth-order valence-corrected chi connectivity index (χ4v) is 1.83. The van der Waals surface area contributed by atoms with E-state index in [1.807, 2.05) is 0 Å². The van der Waals surface area contributed by atoms with E-state index in [9.17, 15) is 13.2 Å². The van der Waals surface area contributed by atoms with Crippen LogP contribution in [0.4, 0.5) is 13.2 Å². The second-order valence-electron chi connectivity index (χ2n) is 2.90.